The molecule has 1 unspecified atom stereocenters. The van der Waals surface area contributed by atoms with Gasteiger partial charge in [-0.1, -0.05) is 0 Å². The van der Waals surface area contributed by atoms with Gasteiger partial charge in [0.05, 0.1) is 11.8 Å². The van der Waals surface area contributed by atoms with Gasteiger partial charge in [-0.15, -0.1) is 0 Å². The number of H-pyrrole nitrogens is 1. The van der Waals surface area contributed by atoms with Gasteiger partial charge in [-0.25, -0.2) is 4.79 Å². The van der Waals surface area contributed by atoms with Crippen LogP contribution in [0.2, 0.25) is 0 Å². The van der Waals surface area contributed by atoms with Crippen LogP contribution in [0.4, 0.5) is 0 Å². The maximum absolute atomic E-state index is 11.8. The number of aliphatic carboxylic acids is 1. The highest BCUT2D eigenvalue weighted by molar-refractivity contribution is 5.97. The van der Waals surface area contributed by atoms with Gasteiger partial charge in [-0.2, -0.15) is 5.10 Å². The van der Waals surface area contributed by atoms with E-state index in [2.05, 4.69) is 15.5 Å². The normalized spacial score (nSPS) is 12.1. The molecule has 7 heteroatoms. The van der Waals surface area contributed by atoms with Gasteiger partial charge in [-0.05, 0) is 19.8 Å². The Morgan fingerprint density at radius 3 is 2.83 bits per heavy atom. The van der Waals surface area contributed by atoms with Crippen molar-refractivity contribution in [2.24, 2.45) is 0 Å². The second-order valence-electron chi connectivity index (χ2n) is 3.91. The van der Waals surface area contributed by atoms with Crippen molar-refractivity contribution in [1.82, 2.24) is 15.5 Å². The Labute approximate surface area is 105 Å². The van der Waals surface area contributed by atoms with E-state index in [0.29, 0.717) is 30.7 Å². The number of carbonyl (C=O) groups excluding carboxylic acids is 1. The van der Waals surface area contributed by atoms with Crippen molar-refractivity contribution < 1.29 is 19.4 Å². The third kappa shape index (κ3) is 3.85. The average molecular weight is 255 g/mol. The Kier molecular flexibility index (Phi) is 5.31. The molecule has 0 spiro atoms. The highest BCUT2D eigenvalue weighted by Gasteiger charge is 2.21. The van der Waals surface area contributed by atoms with Gasteiger partial charge in [0.1, 0.15) is 6.04 Å². The summed E-state index contributed by atoms with van der Waals surface area (Å²) in [5.74, 6) is -1.49. The maximum atomic E-state index is 11.8. The van der Waals surface area contributed by atoms with Crippen molar-refractivity contribution in [3.05, 3.63) is 17.5 Å². The summed E-state index contributed by atoms with van der Waals surface area (Å²) < 4.78 is 4.85. The fourth-order valence-electron chi connectivity index (χ4n) is 1.50. The van der Waals surface area contributed by atoms with E-state index in [4.69, 9.17) is 9.84 Å². The zero-order valence-electron chi connectivity index (χ0n) is 10.4. The first-order valence-corrected chi connectivity index (χ1v) is 5.58. The van der Waals surface area contributed by atoms with E-state index in [0.717, 1.165) is 0 Å². The first kappa shape index (κ1) is 14.2. The predicted octanol–water partition coefficient (Wildman–Crippen LogP) is 0.328. The number of hydrogen-bond donors (Lipinski definition) is 3. The molecule has 0 saturated carbocycles. The number of ether oxygens (including phenoxy) is 1. The molecule has 1 aromatic rings. The number of aromatic amines is 1. The number of carboxylic acids is 1. The summed E-state index contributed by atoms with van der Waals surface area (Å²) in [7, 11) is 1.54. The Bertz CT molecular complexity index is 416. The summed E-state index contributed by atoms with van der Waals surface area (Å²) in [6.45, 7) is 2.16. The molecular weight excluding hydrogens is 238 g/mol. The number of hydrogen-bond acceptors (Lipinski definition) is 4. The second kappa shape index (κ2) is 6.75. The molecule has 1 rings (SSSR count). The molecule has 0 aliphatic rings. The van der Waals surface area contributed by atoms with E-state index < -0.39 is 17.9 Å². The molecule has 1 amide bonds. The van der Waals surface area contributed by atoms with Gasteiger partial charge in [0.25, 0.3) is 5.91 Å². The number of nitrogens with zero attached hydrogens (tertiary/aromatic N) is 1. The predicted molar refractivity (Wildman–Crippen MR) is 63.3 cm³/mol. The number of amides is 1. The lowest BCUT2D eigenvalue weighted by Gasteiger charge is -2.13. The van der Waals surface area contributed by atoms with Crippen LogP contribution in [0, 0.1) is 6.92 Å². The van der Waals surface area contributed by atoms with Gasteiger partial charge < -0.3 is 15.2 Å². The van der Waals surface area contributed by atoms with Crippen LogP contribution in [0.15, 0.2) is 6.20 Å². The first-order valence-electron chi connectivity index (χ1n) is 5.58. The minimum atomic E-state index is -1.05. The molecule has 0 aliphatic carbocycles. The summed E-state index contributed by atoms with van der Waals surface area (Å²) in [6.07, 6.45) is 2.27. The Morgan fingerprint density at radius 1 is 1.61 bits per heavy atom. The SMILES string of the molecule is COCCCC(NC(=O)c1cn[nH]c1C)C(=O)O. The fraction of sp³-hybridized carbons (Fsp3) is 0.545. The summed E-state index contributed by atoms with van der Waals surface area (Å²) in [5, 5.41) is 17.8. The monoisotopic (exact) mass is 255 g/mol. The number of carbonyl (C=O) groups is 2. The molecule has 1 heterocycles. The average Bonchev–Trinajstić information content (AvgIpc) is 2.74. The summed E-state index contributed by atoms with van der Waals surface area (Å²) in [6, 6.07) is -0.915. The van der Waals surface area contributed by atoms with E-state index >= 15 is 0 Å². The smallest absolute Gasteiger partial charge is 0.326 e. The van der Waals surface area contributed by atoms with Crippen molar-refractivity contribution in [1.29, 1.82) is 0 Å². The van der Waals surface area contributed by atoms with Gasteiger partial charge in [0, 0.05) is 19.4 Å². The molecule has 18 heavy (non-hydrogen) atoms. The lowest BCUT2D eigenvalue weighted by molar-refractivity contribution is -0.139. The number of aromatic nitrogens is 2. The van der Waals surface area contributed by atoms with Crippen molar-refractivity contribution in [3.8, 4) is 0 Å². The van der Waals surface area contributed by atoms with E-state index in [1.54, 1.807) is 14.0 Å². The number of methoxy groups -OCH3 is 1. The largest absolute Gasteiger partial charge is 0.480 e. The van der Waals surface area contributed by atoms with Gasteiger partial charge in [-0.3, -0.25) is 9.89 Å². The Morgan fingerprint density at radius 2 is 2.33 bits per heavy atom. The van der Waals surface area contributed by atoms with Crippen molar-refractivity contribution in [3.63, 3.8) is 0 Å². The highest BCUT2D eigenvalue weighted by atomic mass is 16.5. The van der Waals surface area contributed by atoms with Crippen LogP contribution in [0.3, 0.4) is 0 Å². The number of aryl methyl sites for hydroxylation is 1. The van der Waals surface area contributed by atoms with Crippen LogP contribution in [0.5, 0.6) is 0 Å². The molecule has 7 nitrogen and oxygen atoms in total. The van der Waals surface area contributed by atoms with Crippen LogP contribution < -0.4 is 5.32 Å². The first-order chi connectivity index (χ1) is 8.56. The van der Waals surface area contributed by atoms with Crippen LogP contribution in [-0.4, -0.2) is 46.9 Å². The Hall–Kier alpha value is -1.89. The molecule has 0 aromatic carbocycles. The summed E-state index contributed by atoms with van der Waals surface area (Å²) in [5.41, 5.74) is 0.960. The third-order valence-electron chi connectivity index (χ3n) is 2.52. The van der Waals surface area contributed by atoms with Crippen LogP contribution in [-0.2, 0) is 9.53 Å². The molecule has 1 aromatic heterocycles. The third-order valence-corrected chi connectivity index (χ3v) is 2.52. The fourth-order valence-corrected chi connectivity index (χ4v) is 1.50. The summed E-state index contributed by atoms with van der Waals surface area (Å²) >= 11 is 0. The number of carboxylic acid groups (broad SMARTS) is 1. The molecule has 0 bridgehead atoms. The topological polar surface area (TPSA) is 104 Å². The van der Waals surface area contributed by atoms with Gasteiger partial charge >= 0.3 is 5.97 Å². The van der Waals surface area contributed by atoms with E-state index in [1.165, 1.54) is 6.20 Å². The van der Waals surface area contributed by atoms with Crippen molar-refractivity contribution >= 4 is 11.9 Å². The quantitative estimate of drug-likeness (QED) is 0.609. The Balaban J connectivity index is 2.58. The van der Waals surface area contributed by atoms with E-state index in [1.807, 2.05) is 0 Å². The van der Waals surface area contributed by atoms with E-state index in [-0.39, 0.29) is 0 Å². The van der Waals surface area contributed by atoms with Gasteiger partial charge in [0.15, 0.2) is 0 Å². The minimum absolute atomic E-state index is 0.325. The molecular formula is C11H17N3O4. The van der Waals surface area contributed by atoms with Crippen LogP contribution in [0.25, 0.3) is 0 Å². The molecule has 3 N–H and O–H groups in total. The van der Waals surface area contributed by atoms with Crippen molar-refractivity contribution in [2.75, 3.05) is 13.7 Å². The molecule has 100 valence electrons. The molecule has 0 fully saturated rings. The zero-order chi connectivity index (χ0) is 13.5. The van der Waals surface area contributed by atoms with Crippen LogP contribution >= 0.6 is 0 Å². The van der Waals surface area contributed by atoms with E-state index in [9.17, 15) is 9.59 Å². The second-order valence-corrected chi connectivity index (χ2v) is 3.91. The maximum Gasteiger partial charge on any atom is 0.326 e. The van der Waals surface area contributed by atoms with Crippen LogP contribution in [0.1, 0.15) is 28.9 Å². The van der Waals surface area contributed by atoms with Gasteiger partial charge in [0.2, 0.25) is 0 Å². The lowest BCUT2D eigenvalue weighted by atomic mass is 10.1. The number of rotatable bonds is 7. The minimum Gasteiger partial charge on any atom is -0.480 e. The standard InChI is InChI=1S/C11H17N3O4/c1-7-8(6-12-14-7)10(15)13-9(11(16)17)4-3-5-18-2/h6,9H,3-5H2,1-2H3,(H,12,14)(H,13,15)(H,16,17). The van der Waals surface area contributed by atoms with Crippen molar-refractivity contribution in [2.45, 2.75) is 25.8 Å². The summed E-state index contributed by atoms with van der Waals surface area (Å²) in [4.78, 5) is 22.8. The number of nitrogens with one attached hydrogen (secondary N) is 2. The molecule has 0 aliphatic heterocycles. The molecule has 1 atom stereocenters. The molecule has 0 radical (unpaired) electrons. The lowest BCUT2D eigenvalue weighted by Crippen LogP contribution is -2.41. The molecule has 0 saturated heterocycles. The zero-order valence-corrected chi connectivity index (χ0v) is 10.4. The highest BCUT2D eigenvalue weighted by Crippen LogP contribution is 2.05.